The number of carboxylic acids is 1. The molecular weight excluding hydrogens is 221 g/mol. The molecule has 2 atom stereocenters. The first-order chi connectivity index (χ1) is 4.63. The third kappa shape index (κ3) is 2.24. The van der Waals surface area contributed by atoms with Gasteiger partial charge < -0.3 is 15.6 Å². The molecule has 1 radical (unpaired) electrons. The Morgan fingerprint density at radius 3 is 2.36 bits per heavy atom. The summed E-state index contributed by atoms with van der Waals surface area (Å²) in [5.41, 5.74) is 3.90. The molecule has 4 nitrogen and oxygen atoms in total. The van der Waals surface area contributed by atoms with E-state index in [0.717, 1.165) is 0 Å². The minimum Gasteiger partial charge on any atom is -0.599 e. The first kappa shape index (κ1) is 11.0. The average molecular weight is 230 g/mol. The van der Waals surface area contributed by atoms with E-state index in [0.29, 0.717) is 0 Å². The van der Waals surface area contributed by atoms with E-state index in [1.165, 1.54) is 0 Å². The van der Waals surface area contributed by atoms with Crippen LogP contribution in [0.25, 0.3) is 5.43 Å². The van der Waals surface area contributed by atoms with Gasteiger partial charge in [-0.2, -0.15) is 0 Å². The summed E-state index contributed by atoms with van der Waals surface area (Å²) in [5, 5.41) is 12.0. The zero-order valence-electron chi connectivity index (χ0n) is 6.48. The molecule has 0 spiro atoms. The molecule has 1 aliphatic rings. The summed E-state index contributed by atoms with van der Waals surface area (Å²) in [6.45, 7) is 3.66. The van der Waals surface area contributed by atoms with Gasteiger partial charge in [0.2, 0.25) is 0 Å². The van der Waals surface area contributed by atoms with Crippen molar-refractivity contribution in [2.75, 3.05) is 0 Å². The van der Waals surface area contributed by atoms with Crippen LogP contribution in [0.1, 0.15) is 13.8 Å². The minimum absolute atomic E-state index is 0. The second-order valence-corrected chi connectivity index (χ2v) is 2.44. The van der Waals surface area contributed by atoms with E-state index in [1.807, 2.05) is 13.8 Å². The summed E-state index contributed by atoms with van der Waals surface area (Å²) in [6.07, 6.45) is 0. The van der Waals surface area contributed by atoms with Crippen molar-refractivity contribution in [2.24, 2.45) is 11.0 Å². The van der Waals surface area contributed by atoms with Crippen molar-refractivity contribution in [3.63, 3.8) is 0 Å². The molecule has 5 heteroatoms. The van der Waals surface area contributed by atoms with Crippen molar-refractivity contribution < 1.29 is 42.6 Å². The summed E-state index contributed by atoms with van der Waals surface area (Å²) in [7, 11) is 0. The normalized spacial score (nSPS) is 28.4. The molecule has 0 aromatic rings. The second-order valence-electron chi connectivity index (χ2n) is 2.44. The van der Waals surface area contributed by atoms with Crippen LogP contribution in [0.15, 0.2) is 5.10 Å². The van der Waals surface area contributed by atoms with Crippen LogP contribution in [0.3, 0.4) is 0 Å². The van der Waals surface area contributed by atoms with Crippen LogP contribution in [0, 0.1) is 5.92 Å². The monoisotopic (exact) mass is 230 g/mol. The fourth-order valence-electron chi connectivity index (χ4n) is 0.810. The predicted octanol–water partition coefficient (Wildman–Crippen LogP) is 0.836. The number of rotatable bonds is 1. The maximum absolute atomic E-state index is 10.4. The molecule has 1 N–H and O–H groups in total. The molecule has 0 aliphatic carbocycles. The summed E-state index contributed by atoms with van der Waals surface area (Å²) in [5.74, 6) is -1.00. The third-order valence-corrected chi connectivity index (χ3v) is 1.72. The van der Waals surface area contributed by atoms with E-state index >= 15 is 0 Å². The zero-order chi connectivity index (χ0) is 7.72. The van der Waals surface area contributed by atoms with Gasteiger partial charge in [0.1, 0.15) is 5.71 Å². The Morgan fingerprint density at radius 2 is 2.18 bits per heavy atom. The van der Waals surface area contributed by atoms with Gasteiger partial charge in [-0.3, -0.25) is 0 Å². The molecule has 1 heterocycles. The Bertz CT molecular complexity index is 193. The minimum atomic E-state index is -0.958. The van der Waals surface area contributed by atoms with Crippen molar-refractivity contribution in [1.82, 2.24) is 0 Å². The summed E-state index contributed by atoms with van der Waals surface area (Å²) < 4.78 is 0. The quantitative estimate of drug-likeness (QED) is 0.725. The van der Waals surface area contributed by atoms with Gasteiger partial charge in [-0.05, 0) is 5.92 Å². The van der Waals surface area contributed by atoms with Crippen LogP contribution in [-0.2, 0) is 37.5 Å². The van der Waals surface area contributed by atoms with Gasteiger partial charge in [-0.15, -0.1) is 6.04 Å². The first-order valence-electron chi connectivity index (χ1n) is 3.14. The average Bonchev–Trinajstić information content (AvgIpc) is 2.14. The number of hydrogen-bond acceptors (Lipinski definition) is 2. The number of hydrogen-bond donors (Lipinski definition) is 1. The fourth-order valence-corrected chi connectivity index (χ4v) is 0.810. The molecule has 0 aromatic heterocycles. The molecule has 0 aromatic carbocycles. The molecular formula is C6H9N2O2Y-. The molecule has 0 saturated carbocycles. The molecule has 2 unspecified atom stereocenters. The molecule has 0 amide bonds. The van der Waals surface area contributed by atoms with Crippen molar-refractivity contribution in [3.05, 3.63) is 5.43 Å². The van der Waals surface area contributed by atoms with Gasteiger partial charge in [0.25, 0.3) is 0 Å². The topological polar surface area (TPSA) is 63.8 Å². The Hall–Kier alpha value is 0.0439. The summed E-state index contributed by atoms with van der Waals surface area (Å²) >= 11 is 0. The Balaban J connectivity index is 0.000001000. The molecule has 1 rings (SSSR count). The van der Waals surface area contributed by atoms with E-state index in [1.54, 1.807) is 0 Å². The van der Waals surface area contributed by atoms with Gasteiger partial charge in [-0.25, -0.2) is 4.79 Å². The SMILES string of the molecule is CC1[N-]N=C(C(=O)O)C1C.[Y]. The van der Waals surface area contributed by atoms with Gasteiger partial charge >= 0.3 is 5.97 Å². The van der Waals surface area contributed by atoms with Gasteiger partial charge in [-0.1, -0.05) is 13.8 Å². The van der Waals surface area contributed by atoms with E-state index in [-0.39, 0.29) is 50.4 Å². The molecule has 0 bridgehead atoms. The molecule has 11 heavy (non-hydrogen) atoms. The molecule has 59 valence electrons. The van der Waals surface area contributed by atoms with Crippen molar-refractivity contribution in [3.8, 4) is 0 Å². The number of aliphatic carboxylic acids is 1. The first-order valence-corrected chi connectivity index (χ1v) is 3.14. The van der Waals surface area contributed by atoms with E-state index in [9.17, 15) is 4.79 Å². The molecule has 1 aliphatic heterocycles. The Morgan fingerprint density at radius 1 is 1.64 bits per heavy atom. The number of nitrogens with zero attached hydrogens (tertiary/aromatic N) is 2. The van der Waals surface area contributed by atoms with E-state index in [4.69, 9.17) is 5.11 Å². The van der Waals surface area contributed by atoms with Crippen LogP contribution >= 0.6 is 0 Å². The Kier molecular flexibility index (Phi) is 4.18. The second kappa shape index (κ2) is 4.17. The summed E-state index contributed by atoms with van der Waals surface area (Å²) in [4.78, 5) is 10.4. The van der Waals surface area contributed by atoms with Gasteiger partial charge in [0, 0.05) is 32.7 Å². The number of carbonyl (C=O) groups is 1. The van der Waals surface area contributed by atoms with Crippen molar-refractivity contribution in [1.29, 1.82) is 0 Å². The van der Waals surface area contributed by atoms with Crippen LogP contribution in [0.2, 0.25) is 0 Å². The predicted molar refractivity (Wildman–Crippen MR) is 37.1 cm³/mol. The van der Waals surface area contributed by atoms with Crippen molar-refractivity contribution in [2.45, 2.75) is 19.9 Å². The van der Waals surface area contributed by atoms with Gasteiger partial charge in [0.15, 0.2) is 0 Å². The van der Waals surface area contributed by atoms with Crippen LogP contribution in [0.4, 0.5) is 0 Å². The number of carboxylic acid groups (broad SMARTS) is 1. The van der Waals surface area contributed by atoms with E-state index in [2.05, 4.69) is 10.5 Å². The van der Waals surface area contributed by atoms with Crippen LogP contribution in [0.5, 0.6) is 0 Å². The fraction of sp³-hybridized carbons (Fsp3) is 0.667. The summed E-state index contributed by atoms with van der Waals surface area (Å²) in [6, 6.07) is 0.0195. The van der Waals surface area contributed by atoms with Crippen LogP contribution < -0.4 is 0 Å². The third-order valence-electron chi connectivity index (χ3n) is 1.72. The van der Waals surface area contributed by atoms with E-state index < -0.39 is 5.97 Å². The maximum Gasteiger partial charge on any atom is 0.348 e. The molecule has 0 saturated heterocycles. The maximum atomic E-state index is 10.4. The zero-order valence-corrected chi connectivity index (χ0v) is 9.32. The largest absolute Gasteiger partial charge is 0.599 e. The van der Waals surface area contributed by atoms with Crippen molar-refractivity contribution >= 4 is 11.7 Å². The molecule has 0 fully saturated rings. The smallest absolute Gasteiger partial charge is 0.348 e. The Labute approximate surface area is 90.3 Å². The van der Waals surface area contributed by atoms with Crippen LogP contribution in [-0.4, -0.2) is 22.8 Å². The van der Waals surface area contributed by atoms with Gasteiger partial charge in [0.05, 0.1) is 0 Å². The standard InChI is InChI=1S/C6H9N2O2.Y/c1-3-4(2)7-8-5(3)6(9)10;/h3-4H,1-2H3,(H,9,10);/q-1;.